The van der Waals surface area contributed by atoms with Crippen molar-refractivity contribution < 1.29 is 9.59 Å². The lowest BCUT2D eigenvalue weighted by molar-refractivity contribution is -0.114. The molecule has 0 spiro atoms. The first-order chi connectivity index (χ1) is 12.7. The third kappa shape index (κ3) is 3.76. The van der Waals surface area contributed by atoms with E-state index in [9.17, 15) is 9.59 Å². The minimum absolute atomic E-state index is 0.0703. The van der Waals surface area contributed by atoms with Crippen molar-refractivity contribution in [1.29, 1.82) is 0 Å². The maximum atomic E-state index is 13.1. The number of rotatable bonds is 3. The lowest BCUT2D eigenvalue weighted by Gasteiger charge is -2.30. The standard InChI is InChI=1S/C19H20N2O2S3/c22-16-13-21(6-5-20-7-9-24-10-8-20)15-4-2-1-3-14(15)18(23)17(16)19-25-11-12-26-19/h1-4,11-12H,5-10,13H2. The summed E-state index contributed by atoms with van der Waals surface area (Å²) in [5.74, 6) is 2.14. The monoisotopic (exact) mass is 404 g/mol. The number of thioether (sulfide) groups is 3. The maximum absolute atomic E-state index is 13.1. The van der Waals surface area contributed by atoms with Gasteiger partial charge in [-0.25, -0.2) is 0 Å². The Bertz CT molecular complexity index is 775. The molecule has 1 saturated heterocycles. The van der Waals surface area contributed by atoms with E-state index in [4.69, 9.17) is 0 Å². The van der Waals surface area contributed by atoms with Gasteiger partial charge in [0.15, 0.2) is 11.6 Å². The summed E-state index contributed by atoms with van der Waals surface area (Å²) in [4.78, 5) is 30.6. The van der Waals surface area contributed by atoms with Gasteiger partial charge in [-0.15, -0.1) is 0 Å². The van der Waals surface area contributed by atoms with Crippen LogP contribution in [0.25, 0.3) is 0 Å². The molecule has 1 aromatic rings. The van der Waals surface area contributed by atoms with Crippen LogP contribution in [0.2, 0.25) is 0 Å². The summed E-state index contributed by atoms with van der Waals surface area (Å²) in [5.41, 5.74) is 1.88. The SMILES string of the molecule is O=C1CN(CCN2CCSCC2)c2ccccc2C(=O)C1=C1SC=CS1. The van der Waals surface area contributed by atoms with Crippen molar-refractivity contribution in [3.63, 3.8) is 0 Å². The predicted molar refractivity (Wildman–Crippen MR) is 113 cm³/mol. The molecule has 7 heteroatoms. The van der Waals surface area contributed by atoms with Crippen molar-refractivity contribution in [2.24, 2.45) is 0 Å². The molecule has 26 heavy (non-hydrogen) atoms. The Labute approximate surface area is 166 Å². The number of anilines is 1. The minimum Gasteiger partial charge on any atom is -0.362 e. The molecule has 3 heterocycles. The molecule has 0 aliphatic carbocycles. The molecule has 0 unspecified atom stereocenters. The summed E-state index contributed by atoms with van der Waals surface area (Å²) in [6, 6.07) is 7.63. The van der Waals surface area contributed by atoms with Crippen LogP contribution in [0.4, 0.5) is 5.69 Å². The first-order valence-corrected chi connectivity index (χ1v) is 11.6. The quantitative estimate of drug-likeness (QED) is 0.564. The first-order valence-electron chi connectivity index (χ1n) is 8.68. The molecular weight excluding hydrogens is 384 g/mol. The van der Waals surface area contributed by atoms with E-state index in [2.05, 4.69) is 9.80 Å². The summed E-state index contributed by atoms with van der Waals surface area (Å²) >= 11 is 4.93. The third-order valence-electron chi connectivity index (χ3n) is 4.73. The zero-order valence-corrected chi connectivity index (χ0v) is 16.8. The summed E-state index contributed by atoms with van der Waals surface area (Å²) in [5, 5.41) is 3.85. The fraction of sp³-hybridized carbons (Fsp3) is 0.368. The zero-order chi connectivity index (χ0) is 17.9. The number of benzene rings is 1. The molecule has 4 nitrogen and oxygen atoms in total. The fourth-order valence-corrected chi connectivity index (χ4v) is 6.23. The van der Waals surface area contributed by atoms with Crippen LogP contribution in [-0.2, 0) is 4.79 Å². The van der Waals surface area contributed by atoms with Gasteiger partial charge in [0.1, 0.15) is 0 Å². The molecule has 0 radical (unpaired) electrons. The van der Waals surface area contributed by atoms with E-state index in [0.717, 1.165) is 36.1 Å². The maximum Gasteiger partial charge on any atom is 0.200 e. The van der Waals surface area contributed by atoms with Crippen LogP contribution in [0.3, 0.4) is 0 Å². The highest BCUT2D eigenvalue weighted by Crippen LogP contribution is 2.42. The van der Waals surface area contributed by atoms with Gasteiger partial charge < -0.3 is 4.90 Å². The van der Waals surface area contributed by atoms with E-state index in [1.807, 2.05) is 46.8 Å². The summed E-state index contributed by atoms with van der Waals surface area (Å²) < 4.78 is 0.810. The van der Waals surface area contributed by atoms with Gasteiger partial charge >= 0.3 is 0 Å². The number of carbonyl (C=O) groups excluding carboxylic acids is 2. The van der Waals surface area contributed by atoms with Crippen molar-refractivity contribution in [1.82, 2.24) is 4.90 Å². The van der Waals surface area contributed by atoms with Gasteiger partial charge in [0.2, 0.25) is 0 Å². The number of para-hydroxylation sites is 1. The molecule has 0 atom stereocenters. The molecule has 0 bridgehead atoms. The molecule has 0 N–H and O–H groups in total. The number of ketones is 2. The minimum atomic E-state index is -0.138. The highest BCUT2D eigenvalue weighted by atomic mass is 32.2. The average Bonchev–Trinajstić information content (AvgIpc) is 3.17. The second kappa shape index (κ2) is 8.25. The van der Waals surface area contributed by atoms with Crippen LogP contribution in [0.5, 0.6) is 0 Å². The van der Waals surface area contributed by atoms with Crippen LogP contribution in [0, 0.1) is 0 Å². The van der Waals surface area contributed by atoms with Gasteiger partial charge in [0.25, 0.3) is 0 Å². The van der Waals surface area contributed by atoms with E-state index >= 15 is 0 Å². The van der Waals surface area contributed by atoms with Crippen molar-refractivity contribution >= 4 is 52.5 Å². The van der Waals surface area contributed by atoms with Gasteiger partial charge in [-0.2, -0.15) is 11.8 Å². The Morgan fingerprint density at radius 1 is 0.962 bits per heavy atom. The Morgan fingerprint density at radius 3 is 2.46 bits per heavy atom. The number of fused-ring (bicyclic) bond motifs is 1. The van der Waals surface area contributed by atoms with E-state index < -0.39 is 0 Å². The van der Waals surface area contributed by atoms with Crippen molar-refractivity contribution in [2.45, 2.75) is 0 Å². The zero-order valence-electron chi connectivity index (χ0n) is 14.3. The summed E-state index contributed by atoms with van der Waals surface area (Å²) in [6.07, 6.45) is 0. The number of nitrogens with zero attached hydrogens (tertiary/aromatic N) is 2. The Morgan fingerprint density at radius 2 is 1.69 bits per heavy atom. The van der Waals surface area contributed by atoms with Crippen molar-refractivity contribution in [2.75, 3.05) is 49.1 Å². The van der Waals surface area contributed by atoms with Crippen LogP contribution < -0.4 is 4.90 Å². The second-order valence-corrected chi connectivity index (χ2v) is 9.63. The number of Topliss-reactive ketones (excluding diaryl/α,β-unsaturated/α-hetero) is 2. The molecule has 3 aliphatic rings. The normalized spacial score (nSPS) is 21.3. The summed E-state index contributed by atoms with van der Waals surface area (Å²) in [7, 11) is 0. The smallest absolute Gasteiger partial charge is 0.200 e. The number of carbonyl (C=O) groups is 2. The van der Waals surface area contributed by atoms with Gasteiger partial charge in [-0.1, -0.05) is 35.7 Å². The van der Waals surface area contributed by atoms with Crippen molar-refractivity contribution in [3.8, 4) is 0 Å². The van der Waals surface area contributed by atoms with Crippen LogP contribution >= 0.6 is 35.3 Å². The van der Waals surface area contributed by atoms with E-state index in [-0.39, 0.29) is 18.1 Å². The number of hydrogen-bond acceptors (Lipinski definition) is 7. The molecule has 136 valence electrons. The van der Waals surface area contributed by atoms with Crippen LogP contribution in [0.1, 0.15) is 10.4 Å². The lowest BCUT2D eigenvalue weighted by Crippen LogP contribution is -2.41. The van der Waals surface area contributed by atoms with E-state index in [1.165, 1.54) is 35.0 Å². The molecule has 1 aromatic carbocycles. The van der Waals surface area contributed by atoms with Gasteiger partial charge in [-0.3, -0.25) is 14.5 Å². The molecule has 4 rings (SSSR count). The van der Waals surface area contributed by atoms with Gasteiger partial charge in [0.05, 0.1) is 16.4 Å². The Balaban J connectivity index is 1.62. The highest BCUT2D eigenvalue weighted by Gasteiger charge is 2.33. The highest BCUT2D eigenvalue weighted by molar-refractivity contribution is 8.27. The van der Waals surface area contributed by atoms with E-state index in [1.54, 1.807) is 0 Å². The van der Waals surface area contributed by atoms with Crippen molar-refractivity contribution in [3.05, 3.63) is 50.5 Å². The molecule has 1 fully saturated rings. The molecule has 0 amide bonds. The molecule has 3 aliphatic heterocycles. The predicted octanol–water partition coefficient (Wildman–Crippen LogP) is 3.47. The fourth-order valence-electron chi connectivity index (χ4n) is 3.36. The van der Waals surface area contributed by atoms with Gasteiger partial charge in [0, 0.05) is 48.9 Å². The summed E-state index contributed by atoms with van der Waals surface area (Å²) in [6.45, 7) is 4.16. The lowest BCUT2D eigenvalue weighted by atomic mass is 10.0. The largest absolute Gasteiger partial charge is 0.362 e. The van der Waals surface area contributed by atoms with Gasteiger partial charge in [-0.05, 0) is 22.9 Å². The average molecular weight is 405 g/mol. The molecule has 0 aromatic heterocycles. The van der Waals surface area contributed by atoms with E-state index in [0.29, 0.717) is 11.1 Å². The molecular formula is C19H20N2O2S3. The number of hydrogen-bond donors (Lipinski definition) is 0. The Kier molecular flexibility index (Phi) is 5.78. The first kappa shape index (κ1) is 18.2. The Hall–Kier alpha value is -1.15. The van der Waals surface area contributed by atoms with Crippen LogP contribution in [0.15, 0.2) is 44.9 Å². The second-order valence-electron chi connectivity index (χ2n) is 6.32. The molecule has 0 saturated carbocycles. The topological polar surface area (TPSA) is 40.6 Å². The van der Waals surface area contributed by atoms with Crippen LogP contribution in [-0.4, -0.2) is 60.7 Å². The third-order valence-corrected chi connectivity index (χ3v) is 7.80.